The molecule has 0 fully saturated rings. The summed E-state index contributed by atoms with van der Waals surface area (Å²) >= 11 is 0. The third-order valence-corrected chi connectivity index (χ3v) is 5.58. The molecule has 0 spiro atoms. The molecule has 4 nitrogen and oxygen atoms in total. The lowest BCUT2D eigenvalue weighted by atomic mass is 10.0. The molecule has 0 radical (unpaired) electrons. The summed E-state index contributed by atoms with van der Waals surface area (Å²) in [7, 11) is 0. The molecule has 0 saturated carbocycles. The molecule has 32 heavy (non-hydrogen) atoms. The molecule has 0 aliphatic rings. The van der Waals surface area contributed by atoms with Crippen molar-refractivity contribution >= 4 is 11.8 Å². The Morgan fingerprint density at radius 2 is 1.00 bits per heavy atom. The van der Waals surface area contributed by atoms with Crippen molar-refractivity contribution in [3.63, 3.8) is 0 Å². The second-order valence-corrected chi connectivity index (χ2v) is 8.74. The molecule has 3 aromatic rings. The van der Waals surface area contributed by atoms with Crippen molar-refractivity contribution in [2.75, 3.05) is 0 Å². The lowest BCUT2D eigenvalue weighted by molar-refractivity contribution is 0.0943. The molecule has 0 unspecified atom stereocenters. The Morgan fingerprint density at radius 1 is 0.625 bits per heavy atom. The monoisotopic (exact) mass is 428 g/mol. The molecule has 0 aromatic heterocycles. The van der Waals surface area contributed by atoms with Crippen molar-refractivity contribution in [1.29, 1.82) is 0 Å². The zero-order valence-corrected chi connectivity index (χ0v) is 19.3. The molecule has 0 atom stereocenters. The number of rotatable bonds is 8. The van der Waals surface area contributed by atoms with E-state index in [0.717, 1.165) is 11.1 Å². The molecule has 166 valence electrons. The minimum atomic E-state index is -0.0937. The molecular weight excluding hydrogens is 396 g/mol. The summed E-state index contributed by atoms with van der Waals surface area (Å²) in [6.07, 6.45) is 0. The van der Waals surface area contributed by atoms with E-state index in [1.165, 1.54) is 11.1 Å². The fraction of sp³-hybridized carbons (Fsp3) is 0.286. The van der Waals surface area contributed by atoms with E-state index in [1.54, 1.807) is 0 Å². The van der Waals surface area contributed by atoms with Gasteiger partial charge < -0.3 is 10.6 Å². The molecule has 2 amide bonds. The summed E-state index contributed by atoms with van der Waals surface area (Å²) < 4.78 is 0. The van der Waals surface area contributed by atoms with E-state index >= 15 is 0 Å². The van der Waals surface area contributed by atoms with Crippen molar-refractivity contribution < 1.29 is 9.59 Å². The third kappa shape index (κ3) is 6.30. The summed E-state index contributed by atoms with van der Waals surface area (Å²) in [6, 6.07) is 23.3. The van der Waals surface area contributed by atoms with E-state index in [-0.39, 0.29) is 11.8 Å². The Morgan fingerprint density at radius 3 is 1.34 bits per heavy atom. The van der Waals surface area contributed by atoms with Crippen molar-refractivity contribution in [2.45, 2.75) is 52.6 Å². The molecule has 0 bridgehead atoms. The molecule has 2 N–H and O–H groups in total. The third-order valence-electron chi connectivity index (χ3n) is 5.58. The molecule has 4 heteroatoms. The summed E-state index contributed by atoms with van der Waals surface area (Å²) in [5, 5.41) is 5.94. The number of carbonyl (C=O) groups excluding carboxylic acids is 2. The van der Waals surface area contributed by atoms with Crippen LogP contribution in [0.25, 0.3) is 0 Å². The smallest absolute Gasteiger partial charge is 0.251 e. The molecule has 0 aliphatic heterocycles. The SMILES string of the molecule is CC(C)c1ccc(C(=O)NCc2cccc(CNC(=O)c3ccc(C(C)C)cc3)c2)cc1. The van der Waals surface area contributed by atoms with Crippen LogP contribution in [0.4, 0.5) is 0 Å². The first kappa shape index (κ1) is 23.3. The first-order chi connectivity index (χ1) is 15.3. The Hall–Kier alpha value is -3.40. The van der Waals surface area contributed by atoms with Crippen LogP contribution in [0.1, 0.15) is 82.5 Å². The molecule has 0 saturated heterocycles. The van der Waals surface area contributed by atoms with Gasteiger partial charge in [-0.15, -0.1) is 0 Å². The quantitative estimate of drug-likeness (QED) is 0.477. The maximum atomic E-state index is 12.5. The van der Waals surface area contributed by atoms with Gasteiger partial charge in [0.25, 0.3) is 11.8 Å². The van der Waals surface area contributed by atoms with Gasteiger partial charge in [0.1, 0.15) is 0 Å². The predicted octanol–water partition coefficient (Wildman–Crippen LogP) is 5.79. The lowest BCUT2D eigenvalue weighted by Crippen LogP contribution is -2.24. The highest BCUT2D eigenvalue weighted by atomic mass is 16.2. The Kier molecular flexibility index (Phi) is 7.82. The highest BCUT2D eigenvalue weighted by Crippen LogP contribution is 2.16. The topological polar surface area (TPSA) is 58.2 Å². The second-order valence-electron chi connectivity index (χ2n) is 8.74. The normalized spacial score (nSPS) is 10.9. The predicted molar refractivity (Wildman–Crippen MR) is 130 cm³/mol. The van der Waals surface area contributed by atoms with Crippen molar-refractivity contribution in [2.24, 2.45) is 0 Å². The van der Waals surface area contributed by atoms with Gasteiger partial charge in [-0.05, 0) is 58.4 Å². The fourth-order valence-electron chi connectivity index (χ4n) is 3.46. The molecule has 3 rings (SSSR count). The van der Waals surface area contributed by atoms with Gasteiger partial charge in [-0.2, -0.15) is 0 Å². The maximum Gasteiger partial charge on any atom is 0.251 e. The lowest BCUT2D eigenvalue weighted by Gasteiger charge is -2.10. The number of benzene rings is 3. The van der Waals surface area contributed by atoms with Crippen LogP contribution in [0.15, 0.2) is 72.8 Å². The number of hydrogen-bond donors (Lipinski definition) is 2. The van der Waals surface area contributed by atoms with Gasteiger partial charge in [0.15, 0.2) is 0 Å². The van der Waals surface area contributed by atoms with Crippen LogP contribution in [-0.4, -0.2) is 11.8 Å². The summed E-state index contributed by atoms with van der Waals surface area (Å²) in [5.74, 6) is 0.692. The summed E-state index contributed by atoms with van der Waals surface area (Å²) in [4.78, 5) is 24.9. The van der Waals surface area contributed by atoms with Gasteiger partial charge in [0.05, 0.1) is 0 Å². The summed E-state index contributed by atoms with van der Waals surface area (Å²) in [5.41, 5.74) is 5.72. The van der Waals surface area contributed by atoms with Crippen LogP contribution in [0.5, 0.6) is 0 Å². The largest absolute Gasteiger partial charge is 0.348 e. The van der Waals surface area contributed by atoms with Crippen LogP contribution >= 0.6 is 0 Å². The average Bonchev–Trinajstić information content (AvgIpc) is 2.81. The first-order valence-corrected chi connectivity index (χ1v) is 11.2. The first-order valence-electron chi connectivity index (χ1n) is 11.2. The van der Waals surface area contributed by atoms with Crippen LogP contribution in [0.3, 0.4) is 0 Å². The Labute approximate surface area is 191 Å². The van der Waals surface area contributed by atoms with Crippen LogP contribution in [0.2, 0.25) is 0 Å². The average molecular weight is 429 g/mol. The van der Waals surface area contributed by atoms with E-state index in [4.69, 9.17) is 0 Å². The van der Waals surface area contributed by atoms with Crippen molar-refractivity contribution in [3.05, 3.63) is 106 Å². The van der Waals surface area contributed by atoms with Crippen LogP contribution in [-0.2, 0) is 13.1 Å². The van der Waals surface area contributed by atoms with Gasteiger partial charge in [0, 0.05) is 24.2 Å². The molecular formula is C28H32N2O2. The maximum absolute atomic E-state index is 12.5. The molecule has 0 aliphatic carbocycles. The zero-order valence-electron chi connectivity index (χ0n) is 19.3. The standard InChI is InChI=1S/C28H32N2O2/c1-19(2)23-8-12-25(13-9-23)27(31)29-17-21-6-5-7-22(16-21)18-30-28(32)26-14-10-24(11-15-26)20(3)4/h5-16,19-20H,17-18H2,1-4H3,(H,29,31)(H,30,32). The van der Waals surface area contributed by atoms with Gasteiger partial charge in [-0.3, -0.25) is 9.59 Å². The van der Waals surface area contributed by atoms with Gasteiger partial charge >= 0.3 is 0 Å². The molecule has 0 heterocycles. The number of nitrogens with one attached hydrogen (secondary N) is 2. The van der Waals surface area contributed by atoms with Crippen molar-refractivity contribution in [3.8, 4) is 0 Å². The highest BCUT2D eigenvalue weighted by Gasteiger charge is 2.09. The van der Waals surface area contributed by atoms with Gasteiger partial charge in [-0.25, -0.2) is 0 Å². The van der Waals surface area contributed by atoms with E-state index in [0.29, 0.717) is 36.1 Å². The minimum Gasteiger partial charge on any atom is -0.348 e. The molecule has 3 aromatic carbocycles. The van der Waals surface area contributed by atoms with E-state index < -0.39 is 0 Å². The number of hydrogen-bond acceptors (Lipinski definition) is 2. The fourth-order valence-corrected chi connectivity index (χ4v) is 3.46. The number of amides is 2. The van der Waals surface area contributed by atoms with Crippen LogP contribution < -0.4 is 10.6 Å². The van der Waals surface area contributed by atoms with E-state index in [2.05, 4.69) is 38.3 Å². The Balaban J connectivity index is 1.53. The van der Waals surface area contributed by atoms with E-state index in [1.807, 2.05) is 72.8 Å². The van der Waals surface area contributed by atoms with Crippen LogP contribution in [0, 0.1) is 0 Å². The second kappa shape index (κ2) is 10.8. The van der Waals surface area contributed by atoms with Crippen molar-refractivity contribution in [1.82, 2.24) is 10.6 Å². The number of carbonyl (C=O) groups is 2. The zero-order chi connectivity index (χ0) is 23.1. The highest BCUT2D eigenvalue weighted by molar-refractivity contribution is 5.94. The minimum absolute atomic E-state index is 0.0937. The van der Waals surface area contributed by atoms with E-state index in [9.17, 15) is 9.59 Å². The van der Waals surface area contributed by atoms with Gasteiger partial charge in [-0.1, -0.05) is 76.2 Å². The van der Waals surface area contributed by atoms with Gasteiger partial charge in [0.2, 0.25) is 0 Å². The summed E-state index contributed by atoms with van der Waals surface area (Å²) in [6.45, 7) is 9.40. The Bertz CT molecular complexity index is 969.